The molecule has 0 aliphatic rings. The molecule has 1 aromatic carbocycles. The number of nitrogens with one attached hydrogen (secondary N) is 1. The van der Waals surface area contributed by atoms with Crippen LogP contribution in [0.2, 0.25) is 0 Å². The minimum absolute atomic E-state index is 0.0633. The number of hydrogen-bond donors (Lipinski definition) is 1. The zero-order valence-electron chi connectivity index (χ0n) is 11.0. The molecule has 0 aliphatic heterocycles. The molecule has 102 valence electrons. The number of benzene rings is 1. The summed E-state index contributed by atoms with van der Waals surface area (Å²) in [5.41, 5.74) is 1.48. The molecule has 0 atom stereocenters. The molecule has 2 rings (SSSR count). The van der Waals surface area contributed by atoms with Crippen LogP contribution in [0, 0.1) is 11.3 Å². The molecule has 0 bridgehead atoms. The van der Waals surface area contributed by atoms with Gasteiger partial charge in [-0.15, -0.1) is 0 Å². The Morgan fingerprint density at radius 2 is 2.20 bits per heavy atom. The molecule has 1 N–H and O–H groups in total. The molecule has 0 radical (unpaired) electrons. The quantitative estimate of drug-likeness (QED) is 0.878. The second-order valence-corrected chi connectivity index (χ2v) is 4.22. The Balaban J connectivity index is 1.75. The lowest BCUT2D eigenvalue weighted by Gasteiger charge is -2.06. The van der Waals surface area contributed by atoms with Crippen LogP contribution in [0.1, 0.15) is 11.1 Å². The van der Waals surface area contributed by atoms with Gasteiger partial charge in [0.25, 0.3) is 5.91 Å². The number of aromatic nitrogens is 2. The van der Waals surface area contributed by atoms with Crippen molar-refractivity contribution in [2.24, 2.45) is 7.05 Å². The highest BCUT2D eigenvalue weighted by Gasteiger charge is 2.04. The topological polar surface area (TPSA) is 79.9 Å². The highest BCUT2D eigenvalue weighted by atomic mass is 16.5. The number of carbonyl (C=O) groups is 1. The van der Waals surface area contributed by atoms with E-state index in [9.17, 15) is 4.79 Å². The Labute approximate surface area is 116 Å². The van der Waals surface area contributed by atoms with E-state index < -0.39 is 0 Å². The van der Waals surface area contributed by atoms with Crippen molar-refractivity contribution in [1.29, 1.82) is 5.26 Å². The van der Waals surface area contributed by atoms with Crippen LogP contribution in [0.5, 0.6) is 5.75 Å². The molecule has 0 spiro atoms. The predicted octanol–water partition coefficient (Wildman–Crippen LogP) is 0.987. The first-order chi connectivity index (χ1) is 9.67. The number of rotatable bonds is 5. The van der Waals surface area contributed by atoms with Crippen LogP contribution in [0.15, 0.2) is 36.7 Å². The van der Waals surface area contributed by atoms with Crippen LogP contribution < -0.4 is 10.1 Å². The second kappa shape index (κ2) is 6.38. The van der Waals surface area contributed by atoms with Gasteiger partial charge in [-0.05, 0) is 24.3 Å². The van der Waals surface area contributed by atoms with Crippen molar-refractivity contribution in [2.75, 3.05) is 6.61 Å². The fourth-order valence-corrected chi connectivity index (χ4v) is 1.59. The standard InChI is InChI=1S/C14H14N4O2/c1-18-9-12(8-17-18)7-16-14(19)10-20-13-4-2-11(6-15)3-5-13/h2-5,8-9H,7,10H2,1H3,(H,16,19). The zero-order chi connectivity index (χ0) is 14.4. The van der Waals surface area contributed by atoms with Gasteiger partial charge >= 0.3 is 0 Å². The predicted molar refractivity (Wildman–Crippen MR) is 71.7 cm³/mol. The molecule has 0 aliphatic carbocycles. The van der Waals surface area contributed by atoms with Crippen molar-refractivity contribution < 1.29 is 9.53 Å². The molecule has 0 saturated heterocycles. The maximum absolute atomic E-state index is 11.6. The summed E-state index contributed by atoms with van der Waals surface area (Å²) in [5.74, 6) is 0.346. The van der Waals surface area contributed by atoms with Crippen molar-refractivity contribution in [3.8, 4) is 11.8 Å². The Morgan fingerprint density at radius 1 is 1.45 bits per heavy atom. The Kier molecular flexibility index (Phi) is 4.35. The van der Waals surface area contributed by atoms with Gasteiger partial charge < -0.3 is 10.1 Å². The first-order valence-electron chi connectivity index (χ1n) is 6.04. The molecule has 1 amide bonds. The third-order valence-corrected chi connectivity index (χ3v) is 2.60. The summed E-state index contributed by atoms with van der Waals surface area (Å²) in [6.07, 6.45) is 3.53. The van der Waals surface area contributed by atoms with E-state index in [1.807, 2.05) is 19.3 Å². The molecule has 6 heteroatoms. The number of amides is 1. The number of ether oxygens (including phenoxy) is 1. The van der Waals surface area contributed by atoms with Crippen LogP contribution in [-0.2, 0) is 18.4 Å². The summed E-state index contributed by atoms with van der Waals surface area (Å²) >= 11 is 0. The van der Waals surface area contributed by atoms with Gasteiger partial charge in [-0.25, -0.2) is 0 Å². The molecule has 6 nitrogen and oxygen atoms in total. The van der Waals surface area contributed by atoms with Crippen molar-refractivity contribution in [3.05, 3.63) is 47.8 Å². The summed E-state index contributed by atoms with van der Waals surface area (Å²) in [5, 5.41) is 15.4. The Bertz CT molecular complexity index is 625. The average Bonchev–Trinajstić information content (AvgIpc) is 2.89. The number of aryl methyl sites for hydroxylation is 1. The summed E-state index contributed by atoms with van der Waals surface area (Å²) in [6, 6.07) is 8.62. The van der Waals surface area contributed by atoms with Crippen LogP contribution in [0.4, 0.5) is 0 Å². The van der Waals surface area contributed by atoms with Crippen LogP contribution >= 0.6 is 0 Å². The highest BCUT2D eigenvalue weighted by Crippen LogP contribution is 2.11. The Morgan fingerprint density at radius 3 is 2.80 bits per heavy atom. The van der Waals surface area contributed by atoms with Gasteiger partial charge in [0.1, 0.15) is 5.75 Å². The Hall–Kier alpha value is -2.81. The summed E-state index contributed by atoms with van der Waals surface area (Å²) in [6.45, 7) is 0.357. The van der Waals surface area contributed by atoms with Gasteiger partial charge in [-0.1, -0.05) is 0 Å². The van der Waals surface area contributed by atoms with Gasteiger partial charge in [-0.2, -0.15) is 10.4 Å². The lowest BCUT2D eigenvalue weighted by Crippen LogP contribution is -2.28. The van der Waals surface area contributed by atoms with Crippen LogP contribution in [0.25, 0.3) is 0 Å². The number of nitriles is 1. The molecule has 2 aromatic rings. The summed E-state index contributed by atoms with van der Waals surface area (Å²) < 4.78 is 6.99. The lowest BCUT2D eigenvalue weighted by atomic mass is 10.2. The molecule has 1 aromatic heterocycles. The second-order valence-electron chi connectivity index (χ2n) is 4.22. The van der Waals surface area contributed by atoms with Gasteiger partial charge in [0.2, 0.25) is 0 Å². The third-order valence-electron chi connectivity index (χ3n) is 2.60. The minimum atomic E-state index is -0.210. The molecular weight excluding hydrogens is 256 g/mol. The maximum atomic E-state index is 11.6. The molecule has 0 fully saturated rings. The van der Waals surface area contributed by atoms with E-state index >= 15 is 0 Å². The number of hydrogen-bond acceptors (Lipinski definition) is 4. The first-order valence-corrected chi connectivity index (χ1v) is 6.04. The van der Waals surface area contributed by atoms with E-state index in [2.05, 4.69) is 10.4 Å². The van der Waals surface area contributed by atoms with Crippen molar-refractivity contribution in [2.45, 2.75) is 6.54 Å². The van der Waals surface area contributed by atoms with Crippen LogP contribution in [-0.4, -0.2) is 22.3 Å². The molecular formula is C14H14N4O2. The van der Waals surface area contributed by atoms with Gasteiger partial charge in [0, 0.05) is 25.4 Å². The summed E-state index contributed by atoms with van der Waals surface area (Å²) in [4.78, 5) is 11.6. The molecule has 20 heavy (non-hydrogen) atoms. The van der Waals surface area contributed by atoms with Crippen LogP contribution in [0.3, 0.4) is 0 Å². The lowest BCUT2D eigenvalue weighted by molar-refractivity contribution is -0.123. The van der Waals surface area contributed by atoms with E-state index in [4.69, 9.17) is 10.00 Å². The SMILES string of the molecule is Cn1cc(CNC(=O)COc2ccc(C#N)cc2)cn1. The largest absolute Gasteiger partial charge is 0.484 e. The van der Waals surface area contributed by atoms with Gasteiger partial charge in [-0.3, -0.25) is 9.48 Å². The maximum Gasteiger partial charge on any atom is 0.258 e. The number of nitrogens with zero attached hydrogens (tertiary/aromatic N) is 3. The van der Waals surface area contributed by atoms with E-state index in [1.165, 1.54) is 0 Å². The van der Waals surface area contributed by atoms with E-state index in [0.29, 0.717) is 17.9 Å². The normalized spacial score (nSPS) is 9.80. The van der Waals surface area contributed by atoms with Gasteiger partial charge in [0.15, 0.2) is 6.61 Å². The molecule has 0 saturated carbocycles. The fraction of sp³-hybridized carbons (Fsp3) is 0.214. The average molecular weight is 270 g/mol. The van der Waals surface area contributed by atoms with E-state index in [1.54, 1.807) is 35.1 Å². The molecule has 1 heterocycles. The monoisotopic (exact) mass is 270 g/mol. The van der Waals surface area contributed by atoms with Crippen molar-refractivity contribution in [3.63, 3.8) is 0 Å². The third kappa shape index (κ3) is 3.85. The molecule has 0 unspecified atom stereocenters. The smallest absolute Gasteiger partial charge is 0.258 e. The number of carbonyl (C=O) groups excluding carboxylic acids is 1. The summed E-state index contributed by atoms with van der Waals surface area (Å²) in [7, 11) is 1.82. The zero-order valence-corrected chi connectivity index (χ0v) is 11.0. The van der Waals surface area contributed by atoms with Crippen molar-refractivity contribution in [1.82, 2.24) is 15.1 Å². The minimum Gasteiger partial charge on any atom is -0.484 e. The highest BCUT2D eigenvalue weighted by molar-refractivity contribution is 5.77. The first kappa shape index (κ1) is 13.6. The fourth-order valence-electron chi connectivity index (χ4n) is 1.59. The van der Waals surface area contributed by atoms with E-state index in [-0.39, 0.29) is 12.5 Å². The van der Waals surface area contributed by atoms with Gasteiger partial charge in [0.05, 0.1) is 17.8 Å². The van der Waals surface area contributed by atoms with Crippen molar-refractivity contribution >= 4 is 5.91 Å². The van der Waals surface area contributed by atoms with E-state index in [0.717, 1.165) is 5.56 Å².